The second-order valence-corrected chi connectivity index (χ2v) is 10.4. The first-order chi connectivity index (χ1) is 12.9. The van der Waals surface area contributed by atoms with Crippen molar-refractivity contribution in [2.45, 2.75) is 42.7 Å². The summed E-state index contributed by atoms with van der Waals surface area (Å²) in [5.74, 6) is -0.925. The second kappa shape index (κ2) is 8.28. The van der Waals surface area contributed by atoms with Crippen LogP contribution >= 0.6 is 11.3 Å². The van der Waals surface area contributed by atoms with Crippen molar-refractivity contribution < 1.29 is 22.7 Å². The number of carbonyl (C=O) groups excluding carboxylic acids is 2. The van der Waals surface area contributed by atoms with E-state index in [0.29, 0.717) is 10.8 Å². The molecule has 1 aliphatic heterocycles. The lowest BCUT2D eigenvalue weighted by atomic mass is 9.67. The summed E-state index contributed by atoms with van der Waals surface area (Å²) in [6, 6.07) is 3.33. The molecule has 2 fully saturated rings. The number of ether oxygens (including phenoxy) is 1. The highest BCUT2D eigenvalue weighted by Crippen LogP contribution is 2.49. The van der Waals surface area contributed by atoms with Crippen molar-refractivity contribution in [2.24, 2.45) is 11.3 Å². The number of nitrogens with zero attached hydrogens (tertiary/aromatic N) is 1. The van der Waals surface area contributed by atoms with Crippen molar-refractivity contribution in [1.82, 2.24) is 9.62 Å². The summed E-state index contributed by atoms with van der Waals surface area (Å²) in [5, 5.41) is 4.56. The number of methoxy groups -OCH3 is 1. The van der Waals surface area contributed by atoms with Crippen molar-refractivity contribution >= 4 is 33.2 Å². The number of thiophene rings is 1. The fourth-order valence-corrected chi connectivity index (χ4v) is 6.98. The molecule has 9 heteroatoms. The lowest BCUT2D eigenvalue weighted by molar-refractivity contribution is -0.140. The molecule has 7 nitrogen and oxygen atoms in total. The van der Waals surface area contributed by atoms with Gasteiger partial charge in [-0.25, -0.2) is 8.42 Å². The first-order valence-corrected chi connectivity index (χ1v) is 11.6. The van der Waals surface area contributed by atoms with E-state index in [2.05, 4.69) is 10.1 Å². The fourth-order valence-electron chi connectivity index (χ4n) is 4.28. The monoisotopic (exact) mass is 414 g/mol. The Hall–Kier alpha value is -1.45. The van der Waals surface area contributed by atoms with Gasteiger partial charge in [-0.2, -0.15) is 4.31 Å². The van der Waals surface area contributed by atoms with Gasteiger partial charge in [-0.1, -0.05) is 25.3 Å². The molecule has 1 aliphatic carbocycles. The maximum absolute atomic E-state index is 13.0. The Kier molecular flexibility index (Phi) is 6.22. The molecule has 1 amide bonds. The van der Waals surface area contributed by atoms with Crippen LogP contribution in [0.1, 0.15) is 38.5 Å². The number of hydrogen-bond donors (Lipinski definition) is 1. The minimum atomic E-state index is -3.58. The number of amides is 1. The number of carbonyl (C=O) groups is 2. The van der Waals surface area contributed by atoms with Crippen LogP contribution in [-0.2, 0) is 24.3 Å². The van der Waals surface area contributed by atoms with Gasteiger partial charge < -0.3 is 10.1 Å². The molecule has 0 unspecified atom stereocenters. The van der Waals surface area contributed by atoms with E-state index >= 15 is 0 Å². The smallest absolute Gasteiger partial charge is 0.307 e. The molecular weight excluding hydrogens is 388 g/mol. The quantitative estimate of drug-likeness (QED) is 0.719. The highest BCUT2D eigenvalue weighted by atomic mass is 32.2. The first kappa shape index (κ1) is 20.3. The minimum absolute atomic E-state index is 0.110. The molecule has 1 saturated carbocycles. The summed E-state index contributed by atoms with van der Waals surface area (Å²) in [6.45, 7) is 0.794. The average Bonchev–Trinajstić information content (AvgIpc) is 3.31. The van der Waals surface area contributed by atoms with Crippen LogP contribution in [0.4, 0.5) is 0 Å². The lowest BCUT2D eigenvalue weighted by Gasteiger charge is -2.37. The number of sulfonamides is 1. The van der Waals surface area contributed by atoms with Crippen molar-refractivity contribution in [3.05, 3.63) is 17.5 Å². The van der Waals surface area contributed by atoms with Gasteiger partial charge in [0.05, 0.1) is 19.4 Å². The molecule has 0 aromatic carbocycles. The Morgan fingerprint density at radius 1 is 1.33 bits per heavy atom. The topological polar surface area (TPSA) is 92.8 Å². The zero-order valence-corrected chi connectivity index (χ0v) is 17.1. The van der Waals surface area contributed by atoms with E-state index in [4.69, 9.17) is 0 Å². The Morgan fingerprint density at radius 3 is 2.70 bits per heavy atom. The Bertz CT molecular complexity index is 770. The maximum Gasteiger partial charge on any atom is 0.307 e. The molecule has 1 atom stereocenters. The van der Waals surface area contributed by atoms with Crippen LogP contribution in [0.3, 0.4) is 0 Å². The fraction of sp³-hybridized carbons (Fsp3) is 0.667. The van der Waals surface area contributed by atoms with E-state index < -0.39 is 10.0 Å². The highest BCUT2D eigenvalue weighted by molar-refractivity contribution is 7.91. The molecule has 2 aliphatic rings. The summed E-state index contributed by atoms with van der Waals surface area (Å²) in [7, 11) is -2.27. The van der Waals surface area contributed by atoms with Gasteiger partial charge in [0, 0.05) is 19.6 Å². The zero-order chi connectivity index (χ0) is 19.5. The molecule has 150 valence electrons. The van der Waals surface area contributed by atoms with Gasteiger partial charge in [0.2, 0.25) is 5.91 Å². The lowest BCUT2D eigenvalue weighted by Crippen LogP contribution is -2.43. The predicted molar refractivity (Wildman–Crippen MR) is 102 cm³/mol. The molecule has 1 saturated heterocycles. The molecule has 1 aromatic heterocycles. The largest absolute Gasteiger partial charge is 0.469 e. The molecule has 1 spiro atoms. The Labute approximate surface area is 164 Å². The van der Waals surface area contributed by atoms with Gasteiger partial charge >= 0.3 is 5.97 Å². The van der Waals surface area contributed by atoms with Gasteiger partial charge in [-0.05, 0) is 29.7 Å². The van der Waals surface area contributed by atoms with Crippen molar-refractivity contribution in [3.8, 4) is 0 Å². The van der Waals surface area contributed by atoms with Crippen molar-refractivity contribution in [1.29, 1.82) is 0 Å². The summed E-state index contributed by atoms with van der Waals surface area (Å²) >= 11 is 1.20. The normalized spacial score (nSPS) is 22.6. The van der Waals surface area contributed by atoms with Crippen molar-refractivity contribution in [3.63, 3.8) is 0 Å². The van der Waals surface area contributed by atoms with E-state index in [1.165, 1.54) is 22.8 Å². The molecule has 1 N–H and O–H groups in total. The van der Waals surface area contributed by atoms with Gasteiger partial charge in [0.15, 0.2) is 0 Å². The summed E-state index contributed by atoms with van der Waals surface area (Å²) in [6.07, 6.45) is 4.98. The van der Waals surface area contributed by atoms with E-state index in [9.17, 15) is 18.0 Å². The predicted octanol–water partition coefficient (Wildman–Crippen LogP) is 2.00. The molecule has 1 aromatic rings. The number of rotatable bonds is 6. The zero-order valence-electron chi connectivity index (χ0n) is 15.5. The molecule has 2 heterocycles. The summed E-state index contributed by atoms with van der Waals surface area (Å²) in [4.78, 5) is 24.1. The third-order valence-corrected chi connectivity index (χ3v) is 8.91. The molecule has 0 bridgehead atoms. The van der Waals surface area contributed by atoms with Crippen LogP contribution in [-0.4, -0.2) is 51.3 Å². The second-order valence-electron chi connectivity index (χ2n) is 7.32. The Morgan fingerprint density at radius 2 is 2.07 bits per heavy atom. The standard InChI is InChI=1S/C18H26N2O5S2/c1-25-15(21)7-10-19-17(22)14-12-20(13-18(14)8-3-2-4-9-18)27(23,24)16-6-5-11-26-16/h5-6,11,14H,2-4,7-10,12-13H2,1H3,(H,19,22)/t14-/m1/s1. The number of nitrogens with one attached hydrogen (secondary N) is 1. The van der Waals surface area contributed by atoms with E-state index in [-0.39, 0.29) is 42.7 Å². The van der Waals surface area contributed by atoms with Crippen molar-refractivity contribution in [2.75, 3.05) is 26.7 Å². The number of esters is 1. The summed E-state index contributed by atoms with van der Waals surface area (Å²) in [5.41, 5.74) is -0.308. The van der Waals surface area contributed by atoms with E-state index in [1.807, 2.05) is 0 Å². The van der Waals surface area contributed by atoms with Crippen LogP contribution in [0.15, 0.2) is 21.7 Å². The van der Waals surface area contributed by atoms with Gasteiger partial charge in [0.25, 0.3) is 10.0 Å². The van der Waals surface area contributed by atoms with E-state index in [0.717, 1.165) is 32.1 Å². The minimum Gasteiger partial charge on any atom is -0.469 e. The van der Waals surface area contributed by atoms with Crippen LogP contribution in [0.25, 0.3) is 0 Å². The van der Waals surface area contributed by atoms with Crippen LogP contribution < -0.4 is 5.32 Å². The first-order valence-electron chi connectivity index (χ1n) is 9.27. The maximum atomic E-state index is 13.0. The third kappa shape index (κ3) is 4.20. The molecular formula is C18H26N2O5S2. The summed E-state index contributed by atoms with van der Waals surface area (Å²) < 4.78 is 32.3. The third-order valence-electron chi connectivity index (χ3n) is 5.73. The van der Waals surface area contributed by atoms with Gasteiger partial charge in [-0.15, -0.1) is 11.3 Å². The molecule has 27 heavy (non-hydrogen) atoms. The van der Waals surface area contributed by atoms with Crippen LogP contribution in [0.2, 0.25) is 0 Å². The number of hydrogen-bond acceptors (Lipinski definition) is 6. The SMILES string of the molecule is COC(=O)CCNC(=O)[C@H]1CN(S(=O)(=O)c2cccs2)CC12CCCCC2. The van der Waals surface area contributed by atoms with Crippen LogP contribution in [0, 0.1) is 11.3 Å². The van der Waals surface area contributed by atoms with Crippen LogP contribution in [0.5, 0.6) is 0 Å². The Balaban J connectivity index is 1.76. The van der Waals surface area contributed by atoms with E-state index in [1.54, 1.807) is 17.5 Å². The van der Waals surface area contributed by atoms with Gasteiger partial charge in [-0.3, -0.25) is 9.59 Å². The highest BCUT2D eigenvalue weighted by Gasteiger charge is 2.53. The average molecular weight is 415 g/mol. The molecule has 3 rings (SSSR count). The van der Waals surface area contributed by atoms with Gasteiger partial charge in [0.1, 0.15) is 4.21 Å². The molecule has 0 radical (unpaired) electrons.